The molecule has 0 fully saturated rings. The Hall–Kier alpha value is -1.46. The van der Waals surface area contributed by atoms with Gasteiger partial charge in [-0.3, -0.25) is 0 Å². The van der Waals surface area contributed by atoms with E-state index in [9.17, 15) is 5.11 Å². The highest BCUT2D eigenvalue weighted by Crippen LogP contribution is 2.33. The number of hydrogen-bond donors (Lipinski definition) is 1. The molecule has 1 atom stereocenters. The Labute approximate surface area is 142 Å². The van der Waals surface area contributed by atoms with Crippen LogP contribution in [-0.4, -0.2) is 16.6 Å². The average molecular weight is 364 g/mol. The van der Waals surface area contributed by atoms with Crippen LogP contribution in [0.5, 0.6) is 0 Å². The van der Waals surface area contributed by atoms with Gasteiger partial charge in [0.25, 0.3) is 0 Å². The second-order valence-electron chi connectivity index (χ2n) is 5.59. The van der Waals surface area contributed by atoms with E-state index in [1.807, 2.05) is 52.1 Å². The van der Waals surface area contributed by atoms with E-state index in [1.54, 1.807) is 6.20 Å². The van der Waals surface area contributed by atoms with Crippen molar-refractivity contribution in [1.29, 1.82) is 0 Å². The summed E-state index contributed by atoms with van der Waals surface area (Å²) in [5, 5.41) is 11.3. The van der Waals surface area contributed by atoms with E-state index in [0.717, 1.165) is 30.9 Å². The molecular weight excluding hydrogens is 342 g/mol. The lowest BCUT2D eigenvalue weighted by Gasteiger charge is -2.28. The van der Waals surface area contributed by atoms with Crippen molar-refractivity contribution in [2.24, 2.45) is 0 Å². The van der Waals surface area contributed by atoms with Gasteiger partial charge in [0.05, 0.1) is 12.7 Å². The standard InChI is InChI=1S/C17H22N3O.BrH/c1-2-3-7-13-20-16-18-11-8-12-19(16)14-17(20,21)15-9-5-4-6-10-15;/h4-6,8-12,21H,2-3,7,13-14H2,1H3;1H/q+1;/p-1/t17-;/m1./s1. The molecule has 0 spiro atoms. The Bertz CT molecular complexity index is 608. The van der Waals surface area contributed by atoms with Crippen LogP contribution in [0.25, 0.3) is 0 Å². The van der Waals surface area contributed by atoms with Crippen LogP contribution >= 0.6 is 0 Å². The Morgan fingerprint density at radius 1 is 1.23 bits per heavy atom. The van der Waals surface area contributed by atoms with Gasteiger partial charge < -0.3 is 22.1 Å². The predicted octanol–water partition coefficient (Wildman–Crippen LogP) is -0.771. The number of anilines is 1. The van der Waals surface area contributed by atoms with Crippen molar-refractivity contribution >= 4 is 5.95 Å². The molecule has 1 N–H and O–H groups in total. The SMILES string of the molecule is CCCCCN1c2nccc[n+]2C[C@@]1(O)c1ccccc1.[Br-]. The zero-order valence-electron chi connectivity index (χ0n) is 12.8. The van der Waals surface area contributed by atoms with E-state index in [0.29, 0.717) is 6.54 Å². The lowest BCUT2D eigenvalue weighted by Crippen LogP contribution is -3.00. The molecule has 4 nitrogen and oxygen atoms in total. The number of aliphatic hydroxyl groups is 1. The van der Waals surface area contributed by atoms with Gasteiger partial charge in [-0.15, -0.1) is 0 Å². The van der Waals surface area contributed by atoms with Gasteiger partial charge >= 0.3 is 5.95 Å². The molecule has 2 heterocycles. The quantitative estimate of drug-likeness (QED) is 0.560. The van der Waals surface area contributed by atoms with Crippen molar-refractivity contribution in [2.45, 2.75) is 38.5 Å². The number of nitrogens with zero attached hydrogens (tertiary/aromatic N) is 3. The van der Waals surface area contributed by atoms with Gasteiger partial charge in [0.2, 0.25) is 5.72 Å². The number of unbranched alkanes of at least 4 members (excludes halogenated alkanes) is 2. The topological polar surface area (TPSA) is 40.2 Å². The maximum atomic E-state index is 11.3. The molecule has 0 amide bonds. The molecule has 1 aromatic carbocycles. The second-order valence-corrected chi connectivity index (χ2v) is 5.59. The van der Waals surface area contributed by atoms with Gasteiger partial charge in [0.15, 0.2) is 0 Å². The fourth-order valence-electron chi connectivity index (χ4n) is 2.99. The van der Waals surface area contributed by atoms with Gasteiger partial charge in [-0.2, -0.15) is 0 Å². The van der Waals surface area contributed by atoms with Crippen molar-refractivity contribution in [3.8, 4) is 0 Å². The molecule has 0 aliphatic carbocycles. The number of rotatable bonds is 5. The van der Waals surface area contributed by atoms with Crippen LogP contribution in [0.15, 0.2) is 48.8 Å². The van der Waals surface area contributed by atoms with Crippen molar-refractivity contribution in [3.05, 3.63) is 54.4 Å². The van der Waals surface area contributed by atoms with Crippen LogP contribution in [0.1, 0.15) is 31.7 Å². The fourth-order valence-corrected chi connectivity index (χ4v) is 2.99. The molecular formula is C17H22BrN3O. The van der Waals surface area contributed by atoms with Crippen LogP contribution in [0, 0.1) is 0 Å². The summed E-state index contributed by atoms with van der Waals surface area (Å²) in [4.78, 5) is 6.51. The minimum atomic E-state index is -1.00. The highest BCUT2D eigenvalue weighted by molar-refractivity contribution is 5.37. The van der Waals surface area contributed by atoms with Crippen molar-refractivity contribution < 1.29 is 26.7 Å². The third-order valence-electron chi connectivity index (χ3n) is 4.10. The maximum absolute atomic E-state index is 11.3. The lowest BCUT2D eigenvalue weighted by molar-refractivity contribution is -0.685. The molecule has 0 saturated carbocycles. The average Bonchev–Trinajstić information content (AvgIpc) is 2.82. The van der Waals surface area contributed by atoms with Crippen molar-refractivity contribution in [3.63, 3.8) is 0 Å². The summed E-state index contributed by atoms with van der Waals surface area (Å²) in [6, 6.07) is 11.8. The molecule has 3 rings (SSSR count). The molecule has 1 aliphatic rings. The molecule has 0 radical (unpaired) electrons. The first kappa shape index (κ1) is 16.9. The Kier molecular flexibility index (Phi) is 5.53. The van der Waals surface area contributed by atoms with E-state index in [-0.39, 0.29) is 17.0 Å². The van der Waals surface area contributed by atoms with E-state index in [4.69, 9.17) is 0 Å². The van der Waals surface area contributed by atoms with Gasteiger partial charge in [0.1, 0.15) is 12.7 Å². The van der Waals surface area contributed by atoms with Crippen LogP contribution in [0.3, 0.4) is 0 Å². The fraction of sp³-hybridized carbons (Fsp3) is 0.412. The minimum absolute atomic E-state index is 0. The first-order chi connectivity index (χ1) is 10.3. The van der Waals surface area contributed by atoms with Gasteiger partial charge in [-0.25, -0.2) is 9.47 Å². The van der Waals surface area contributed by atoms with E-state index < -0.39 is 5.72 Å². The number of aromatic nitrogens is 2. The molecule has 118 valence electrons. The minimum Gasteiger partial charge on any atom is -1.00 e. The number of halogens is 1. The predicted molar refractivity (Wildman–Crippen MR) is 81.6 cm³/mol. The van der Waals surface area contributed by atoms with Crippen LogP contribution in [0.2, 0.25) is 0 Å². The normalized spacial score (nSPS) is 19.6. The molecule has 2 aromatic rings. The Morgan fingerprint density at radius 3 is 2.73 bits per heavy atom. The number of hydrogen-bond acceptors (Lipinski definition) is 3. The first-order valence-electron chi connectivity index (χ1n) is 7.65. The van der Waals surface area contributed by atoms with E-state index >= 15 is 0 Å². The van der Waals surface area contributed by atoms with Gasteiger partial charge in [-0.1, -0.05) is 55.1 Å². The summed E-state index contributed by atoms with van der Waals surface area (Å²) in [6.07, 6.45) is 7.15. The summed E-state index contributed by atoms with van der Waals surface area (Å²) >= 11 is 0. The summed E-state index contributed by atoms with van der Waals surface area (Å²) in [7, 11) is 0. The smallest absolute Gasteiger partial charge is 0.396 e. The van der Waals surface area contributed by atoms with Gasteiger partial charge in [0, 0.05) is 11.6 Å². The molecule has 0 unspecified atom stereocenters. The highest BCUT2D eigenvalue weighted by atomic mass is 79.9. The zero-order valence-corrected chi connectivity index (χ0v) is 14.4. The van der Waals surface area contributed by atoms with Crippen LogP contribution in [0.4, 0.5) is 5.95 Å². The summed E-state index contributed by atoms with van der Waals surface area (Å²) in [5.74, 6) is 0.847. The van der Waals surface area contributed by atoms with Gasteiger partial charge in [-0.05, 0) is 6.42 Å². The number of benzene rings is 1. The largest absolute Gasteiger partial charge is 1.00 e. The summed E-state index contributed by atoms with van der Waals surface area (Å²) in [5.41, 5.74) is -0.0805. The molecule has 5 heteroatoms. The third kappa shape index (κ3) is 3.01. The van der Waals surface area contributed by atoms with Crippen LogP contribution < -0.4 is 26.4 Å². The molecule has 22 heavy (non-hydrogen) atoms. The molecule has 1 aliphatic heterocycles. The molecule has 1 aromatic heterocycles. The Balaban J connectivity index is 0.00000176. The first-order valence-corrected chi connectivity index (χ1v) is 7.65. The molecule has 0 bridgehead atoms. The summed E-state index contributed by atoms with van der Waals surface area (Å²) < 4.78 is 2.03. The van der Waals surface area contributed by atoms with Crippen molar-refractivity contribution in [2.75, 3.05) is 11.4 Å². The van der Waals surface area contributed by atoms with E-state index in [1.165, 1.54) is 6.42 Å². The monoisotopic (exact) mass is 363 g/mol. The van der Waals surface area contributed by atoms with Crippen LogP contribution in [-0.2, 0) is 12.3 Å². The zero-order chi connectivity index (χ0) is 14.7. The maximum Gasteiger partial charge on any atom is 0.396 e. The number of fused-ring (bicyclic) bond motifs is 1. The third-order valence-corrected chi connectivity index (χ3v) is 4.10. The van der Waals surface area contributed by atoms with E-state index in [2.05, 4.69) is 11.9 Å². The second kappa shape index (κ2) is 7.20. The molecule has 0 saturated heterocycles. The Morgan fingerprint density at radius 2 is 2.00 bits per heavy atom. The summed E-state index contributed by atoms with van der Waals surface area (Å²) in [6.45, 7) is 3.52. The van der Waals surface area contributed by atoms with Crippen molar-refractivity contribution in [1.82, 2.24) is 4.98 Å². The lowest BCUT2D eigenvalue weighted by atomic mass is 10.0. The highest BCUT2D eigenvalue weighted by Gasteiger charge is 2.50.